The molecule has 6 heteroatoms. The zero-order valence-corrected chi connectivity index (χ0v) is 12.6. The van der Waals surface area contributed by atoms with E-state index in [0.29, 0.717) is 12.3 Å². The Kier molecular flexibility index (Phi) is 4.73. The van der Waals surface area contributed by atoms with Gasteiger partial charge in [0.05, 0.1) is 17.9 Å². The minimum Gasteiger partial charge on any atom is -0.467 e. The predicted octanol–water partition coefficient (Wildman–Crippen LogP) is 3.68. The second-order valence-electron chi connectivity index (χ2n) is 5.64. The molecule has 0 radical (unpaired) electrons. The van der Waals surface area contributed by atoms with E-state index >= 15 is 0 Å². The van der Waals surface area contributed by atoms with Crippen molar-refractivity contribution in [3.05, 3.63) is 59.5 Å². The lowest BCUT2D eigenvalue weighted by atomic mass is 9.96. The third-order valence-corrected chi connectivity index (χ3v) is 4.11. The Morgan fingerprint density at radius 3 is 2.61 bits per heavy atom. The fourth-order valence-electron chi connectivity index (χ4n) is 3.10. The molecule has 124 valence electrons. The molecule has 2 heterocycles. The summed E-state index contributed by atoms with van der Waals surface area (Å²) in [6, 6.07) is 8.70. The van der Waals surface area contributed by atoms with Gasteiger partial charge in [0.25, 0.3) is 0 Å². The molecule has 0 amide bonds. The van der Waals surface area contributed by atoms with Gasteiger partial charge in [-0.15, -0.1) is 0 Å². The molecule has 0 bridgehead atoms. The molecular weight excluding hydrogens is 305 g/mol. The van der Waals surface area contributed by atoms with Crippen LogP contribution < -0.4 is 5.32 Å². The summed E-state index contributed by atoms with van der Waals surface area (Å²) < 4.78 is 45.8. The van der Waals surface area contributed by atoms with Crippen molar-refractivity contribution < 1.29 is 17.6 Å². The molecule has 1 N–H and O–H groups in total. The molecule has 1 aromatic heterocycles. The van der Waals surface area contributed by atoms with Gasteiger partial charge in [0, 0.05) is 19.6 Å². The van der Waals surface area contributed by atoms with Crippen LogP contribution in [0.5, 0.6) is 0 Å². The summed E-state index contributed by atoms with van der Waals surface area (Å²) in [5.74, 6) is 0.545. The number of alkyl halides is 3. The van der Waals surface area contributed by atoms with E-state index in [2.05, 4.69) is 10.2 Å². The van der Waals surface area contributed by atoms with Crippen LogP contribution in [-0.4, -0.2) is 31.1 Å². The summed E-state index contributed by atoms with van der Waals surface area (Å²) >= 11 is 0. The highest BCUT2D eigenvalue weighted by Crippen LogP contribution is 2.39. The van der Waals surface area contributed by atoms with E-state index in [1.165, 1.54) is 12.3 Å². The summed E-state index contributed by atoms with van der Waals surface area (Å²) in [6.45, 7) is 3.04. The minimum absolute atomic E-state index is 0.247. The maximum Gasteiger partial charge on any atom is 0.416 e. The number of hydrogen-bond donors (Lipinski definition) is 1. The van der Waals surface area contributed by atoms with Gasteiger partial charge in [-0.2, -0.15) is 13.2 Å². The minimum atomic E-state index is -4.38. The van der Waals surface area contributed by atoms with Crippen molar-refractivity contribution in [2.24, 2.45) is 0 Å². The Morgan fingerprint density at radius 2 is 1.87 bits per heavy atom. The maximum atomic E-state index is 13.4. The third-order valence-electron chi connectivity index (χ3n) is 4.11. The molecule has 0 saturated carbocycles. The predicted molar refractivity (Wildman–Crippen MR) is 81.1 cm³/mol. The third kappa shape index (κ3) is 3.59. The molecule has 1 aromatic carbocycles. The number of nitrogens with zero attached hydrogens (tertiary/aromatic N) is 1. The first kappa shape index (κ1) is 16.1. The first-order valence-electron chi connectivity index (χ1n) is 7.71. The van der Waals surface area contributed by atoms with Gasteiger partial charge in [0.2, 0.25) is 0 Å². The van der Waals surface area contributed by atoms with Crippen LogP contribution in [0, 0.1) is 0 Å². The van der Waals surface area contributed by atoms with Crippen molar-refractivity contribution in [2.75, 3.05) is 26.2 Å². The van der Waals surface area contributed by atoms with Gasteiger partial charge in [0.15, 0.2) is 0 Å². The summed E-state index contributed by atoms with van der Waals surface area (Å²) in [7, 11) is 0. The van der Waals surface area contributed by atoms with E-state index in [1.807, 2.05) is 0 Å². The fourth-order valence-corrected chi connectivity index (χ4v) is 3.10. The Bertz CT molecular complexity index is 617. The number of halogens is 3. The largest absolute Gasteiger partial charge is 0.467 e. The van der Waals surface area contributed by atoms with Gasteiger partial charge >= 0.3 is 6.18 Å². The molecule has 3 nitrogen and oxygen atoms in total. The Hall–Kier alpha value is -1.79. The van der Waals surface area contributed by atoms with Crippen LogP contribution in [0.1, 0.15) is 29.3 Å². The maximum absolute atomic E-state index is 13.4. The van der Waals surface area contributed by atoms with Crippen molar-refractivity contribution in [1.82, 2.24) is 10.2 Å². The highest BCUT2D eigenvalue weighted by atomic mass is 19.4. The summed E-state index contributed by atoms with van der Waals surface area (Å²) in [5, 5.41) is 3.28. The van der Waals surface area contributed by atoms with Crippen molar-refractivity contribution in [2.45, 2.75) is 18.6 Å². The van der Waals surface area contributed by atoms with Gasteiger partial charge in [0.1, 0.15) is 5.76 Å². The molecule has 3 rings (SSSR count). The van der Waals surface area contributed by atoms with Gasteiger partial charge in [-0.1, -0.05) is 18.2 Å². The Balaban J connectivity index is 2.06. The molecule has 1 atom stereocenters. The molecule has 1 saturated heterocycles. The number of hydrogen-bond acceptors (Lipinski definition) is 3. The van der Waals surface area contributed by atoms with E-state index in [-0.39, 0.29) is 5.56 Å². The van der Waals surface area contributed by atoms with Crippen molar-refractivity contribution in [3.63, 3.8) is 0 Å². The lowest BCUT2D eigenvalue weighted by molar-refractivity contribution is -0.138. The monoisotopic (exact) mass is 324 g/mol. The second-order valence-corrected chi connectivity index (χ2v) is 5.64. The number of nitrogens with one attached hydrogen (secondary N) is 1. The van der Waals surface area contributed by atoms with Gasteiger partial charge in [-0.3, -0.25) is 4.90 Å². The molecule has 1 aliphatic rings. The van der Waals surface area contributed by atoms with Crippen molar-refractivity contribution in [3.8, 4) is 0 Å². The van der Waals surface area contributed by atoms with Crippen LogP contribution in [0.15, 0.2) is 47.1 Å². The lowest BCUT2D eigenvalue weighted by Crippen LogP contribution is -2.34. The van der Waals surface area contributed by atoms with Crippen molar-refractivity contribution >= 4 is 0 Å². The fraction of sp³-hybridized carbons (Fsp3) is 0.412. The van der Waals surface area contributed by atoms with E-state index in [9.17, 15) is 13.2 Å². The second kappa shape index (κ2) is 6.76. The normalized spacial score (nSPS) is 18.6. The topological polar surface area (TPSA) is 28.4 Å². The van der Waals surface area contributed by atoms with Crippen LogP contribution >= 0.6 is 0 Å². The molecule has 1 fully saturated rings. The van der Waals surface area contributed by atoms with E-state index in [0.717, 1.165) is 32.1 Å². The zero-order chi connectivity index (χ0) is 16.3. The van der Waals surface area contributed by atoms with Gasteiger partial charge in [-0.25, -0.2) is 0 Å². The number of rotatable bonds is 3. The molecule has 1 aliphatic heterocycles. The van der Waals surface area contributed by atoms with Crippen LogP contribution in [0.25, 0.3) is 0 Å². The molecule has 23 heavy (non-hydrogen) atoms. The summed E-state index contributed by atoms with van der Waals surface area (Å²) in [4.78, 5) is 2.06. The van der Waals surface area contributed by atoms with E-state index < -0.39 is 17.8 Å². The van der Waals surface area contributed by atoms with Crippen LogP contribution in [0.2, 0.25) is 0 Å². The van der Waals surface area contributed by atoms with E-state index in [1.54, 1.807) is 24.3 Å². The molecule has 1 unspecified atom stereocenters. The Morgan fingerprint density at radius 1 is 1.04 bits per heavy atom. The first-order valence-corrected chi connectivity index (χ1v) is 7.71. The number of furan rings is 1. The summed E-state index contributed by atoms with van der Waals surface area (Å²) in [6.07, 6.45) is -1.98. The first-order chi connectivity index (χ1) is 11.1. The average molecular weight is 324 g/mol. The summed E-state index contributed by atoms with van der Waals surface area (Å²) in [5.41, 5.74) is -0.351. The van der Waals surface area contributed by atoms with Gasteiger partial charge in [-0.05, 0) is 36.7 Å². The Labute approximate surface area is 133 Å². The standard InChI is InChI=1S/C17H19F3N2O/c18-17(19,20)14-6-2-1-5-13(14)16(15-7-3-12-23-15)22-10-4-8-21-9-11-22/h1-3,5-7,12,16,21H,4,8-11H2. The molecule has 0 spiro atoms. The highest BCUT2D eigenvalue weighted by Gasteiger charge is 2.37. The quantitative estimate of drug-likeness (QED) is 0.933. The number of benzene rings is 1. The van der Waals surface area contributed by atoms with Crippen LogP contribution in [0.3, 0.4) is 0 Å². The van der Waals surface area contributed by atoms with Crippen LogP contribution in [-0.2, 0) is 6.18 Å². The van der Waals surface area contributed by atoms with Crippen molar-refractivity contribution in [1.29, 1.82) is 0 Å². The van der Waals surface area contributed by atoms with Crippen LogP contribution in [0.4, 0.5) is 13.2 Å². The average Bonchev–Trinajstić information content (AvgIpc) is 2.90. The smallest absolute Gasteiger partial charge is 0.416 e. The molecular formula is C17H19F3N2O. The molecule has 0 aliphatic carbocycles. The molecule has 2 aromatic rings. The SMILES string of the molecule is FC(F)(F)c1ccccc1C(c1ccco1)N1CCCNCC1. The lowest BCUT2D eigenvalue weighted by Gasteiger charge is -2.31. The highest BCUT2D eigenvalue weighted by molar-refractivity contribution is 5.36. The van der Waals surface area contributed by atoms with E-state index in [4.69, 9.17) is 4.42 Å². The van der Waals surface area contributed by atoms with Gasteiger partial charge < -0.3 is 9.73 Å². The zero-order valence-electron chi connectivity index (χ0n) is 12.6.